The molecule has 2 bridgehead atoms. The van der Waals surface area contributed by atoms with Crippen LogP contribution in [0.25, 0.3) is 0 Å². The molecule has 3 aliphatic carbocycles. The van der Waals surface area contributed by atoms with Crippen LogP contribution in [0.2, 0.25) is 0 Å². The molecule has 0 spiro atoms. The van der Waals surface area contributed by atoms with E-state index in [2.05, 4.69) is 45.9 Å². The van der Waals surface area contributed by atoms with Crippen LogP contribution >= 0.6 is 0 Å². The molecule has 2 unspecified atom stereocenters. The Morgan fingerprint density at radius 1 is 1.26 bits per heavy atom. The number of hydrogen-bond acceptors (Lipinski definition) is 1. The van der Waals surface area contributed by atoms with Gasteiger partial charge in [0.1, 0.15) is 5.78 Å². The van der Waals surface area contributed by atoms with Gasteiger partial charge >= 0.3 is 0 Å². The second kappa shape index (κ2) is 3.94. The Kier molecular flexibility index (Phi) is 2.68. The second-order valence-electron chi connectivity index (χ2n) is 7.26. The zero-order valence-electron chi connectivity index (χ0n) is 12.5. The lowest BCUT2D eigenvalue weighted by molar-refractivity contribution is -0.126. The lowest BCUT2D eigenvalue weighted by atomic mass is 9.67. The Labute approximate surface area is 116 Å². The van der Waals surface area contributed by atoms with Crippen molar-refractivity contribution in [2.45, 2.75) is 53.4 Å². The molecule has 0 aromatic carbocycles. The maximum absolute atomic E-state index is 12.6. The quantitative estimate of drug-likeness (QED) is 0.670. The van der Waals surface area contributed by atoms with E-state index in [9.17, 15) is 4.79 Å². The van der Waals surface area contributed by atoms with Gasteiger partial charge in [-0.2, -0.15) is 0 Å². The normalized spacial score (nSPS) is 38.6. The first-order valence-electron chi connectivity index (χ1n) is 7.46. The second-order valence-corrected chi connectivity index (χ2v) is 7.26. The summed E-state index contributed by atoms with van der Waals surface area (Å²) in [4.78, 5) is 12.6. The van der Waals surface area contributed by atoms with E-state index in [1.165, 1.54) is 23.1 Å². The van der Waals surface area contributed by atoms with E-state index in [4.69, 9.17) is 0 Å². The minimum absolute atomic E-state index is 0.145. The lowest BCUT2D eigenvalue weighted by Crippen LogP contribution is -2.34. The van der Waals surface area contributed by atoms with Gasteiger partial charge in [0.2, 0.25) is 0 Å². The van der Waals surface area contributed by atoms with Gasteiger partial charge in [0, 0.05) is 6.42 Å². The standard InChI is InChI=1S/C18H24O/c1-12-5-6-13(2)14(9-12)11-18-8-7-15(10-16(18)19)17(18,3)4/h5-6,11,15H,7-10H2,1-4H3. The van der Waals surface area contributed by atoms with Gasteiger partial charge in [0.25, 0.3) is 0 Å². The highest BCUT2D eigenvalue weighted by atomic mass is 16.1. The average molecular weight is 256 g/mol. The fourth-order valence-electron chi connectivity index (χ4n) is 4.39. The number of carbonyl (C=O) groups excluding carboxylic acids is 1. The van der Waals surface area contributed by atoms with Crippen molar-refractivity contribution in [3.63, 3.8) is 0 Å². The molecule has 0 saturated heterocycles. The summed E-state index contributed by atoms with van der Waals surface area (Å²) in [6, 6.07) is 0. The molecule has 3 rings (SSSR count). The number of fused-ring (bicyclic) bond motifs is 2. The Morgan fingerprint density at radius 3 is 2.58 bits per heavy atom. The number of rotatable bonds is 1. The Morgan fingerprint density at radius 2 is 2.00 bits per heavy atom. The van der Waals surface area contributed by atoms with E-state index in [1.807, 2.05) is 0 Å². The van der Waals surface area contributed by atoms with Crippen molar-refractivity contribution in [2.24, 2.45) is 16.7 Å². The molecule has 1 heteroatoms. The topological polar surface area (TPSA) is 17.1 Å². The number of carbonyl (C=O) groups is 1. The Balaban J connectivity index is 2.05. The molecular formula is C18H24O. The van der Waals surface area contributed by atoms with Crippen molar-refractivity contribution >= 4 is 5.78 Å². The molecular weight excluding hydrogens is 232 g/mol. The van der Waals surface area contributed by atoms with Crippen LogP contribution in [0.5, 0.6) is 0 Å². The Hall–Kier alpha value is -1.11. The molecule has 0 heterocycles. The maximum atomic E-state index is 12.6. The van der Waals surface area contributed by atoms with Crippen molar-refractivity contribution in [1.82, 2.24) is 0 Å². The van der Waals surface area contributed by atoms with Gasteiger partial charge in [-0.15, -0.1) is 0 Å². The molecule has 0 amide bonds. The number of Topliss-reactive ketones (excluding diaryl/α,β-unsaturated/α-hetero) is 1. The number of allylic oxidation sites excluding steroid dienone is 6. The van der Waals surface area contributed by atoms with Crippen molar-refractivity contribution in [3.8, 4) is 0 Å². The first kappa shape index (κ1) is 12.9. The van der Waals surface area contributed by atoms with Gasteiger partial charge in [-0.3, -0.25) is 4.79 Å². The highest BCUT2D eigenvalue weighted by Gasteiger charge is 2.62. The Bertz CT molecular complexity index is 530. The van der Waals surface area contributed by atoms with E-state index in [-0.39, 0.29) is 10.8 Å². The highest BCUT2D eigenvalue weighted by molar-refractivity contribution is 5.91. The van der Waals surface area contributed by atoms with E-state index < -0.39 is 0 Å². The first-order chi connectivity index (χ1) is 8.87. The highest BCUT2D eigenvalue weighted by Crippen LogP contribution is 2.65. The molecule has 0 aromatic rings. The molecule has 0 radical (unpaired) electrons. The molecule has 102 valence electrons. The summed E-state index contributed by atoms with van der Waals surface area (Å²) in [7, 11) is 0. The molecule has 2 saturated carbocycles. The summed E-state index contributed by atoms with van der Waals surface area (Å²) < 4.78 is 0. The minimum Gasteiger partial charge on any atom is -0.299 e. The summed E-state index contributed by atoms with van der Waals surface area (Å²) in [5.74, 6) is 1.09. The fourth-order valence-corrected chi connectivity index (χ4v) is 4.39. The predicted molar refractivity (Wildman–Crippen MR) is 78.8 cm³/mol. The molecule has 0 aliphatic heterocycles. The number of ketones is 1. The van der Waals surface area contributed by atoms with Crippen molar-refractivity contribution in [1.29, 1.82) is 0 Å². The largest absolute Gasteiger partial charge is 0.299 e. The van der Waals surface area contributed by atoms with Gasteiger partial charge in [0.15, 0.2) is 0 Å². The average Bonchev–Trinajstić information content (AvgIpc) is 2.68. The van der Waals surface area contributed by atoms with Crippen LogP contribution in [0.1, 0.15) is 53.4 Å². The van der Waals surface area contributed by atoms with Crippen molar-refractivity contribution in [3.05, 3.63) is 34.9 Å². The van der Waals surface area contributed by atoms with E-state index in [0.29, 0.717) is 11.7 Å². The molecule has 2 fully saturated rings. The smallest absolute Gasteiger partial charge is 0.143 e. The zero-order chi connectivity index (χ0) is 13.8. The summed E-state index contributed by atoms with van der Waals surface area (Å²) in [6.45, 7) is 8.95. The van der Waals surface area contributed by atoms with Gasteiger partial charge in [-0.1, -0.05) is 37.6 Å². The SMILES string of the molecule is CC1=CC=C(C)C(=CC23CCC(CC2=O)C3(C)C)C1. The summed E-state index contributed by atoms with van der Waals surface area (Å²) in [5.41, 5.74) is 4.07. The third-order valence-electron chi connectivity index (χ3n) is 6.00. The van der Waals surface area contributed by atoms with Crippen LogP contribution in [0.4, 0.5) is 0 Å². The van der Waals surface area contributed by atoms with Gasteiger partial charge in [-0.05, 0) is 55.6 Å². The van der Waals surface area contributed by atoms with Crippen LogP contribution in [-0.4, -0.2) is 5.78 Å². The predicted octanol–water partition coefficient (Wildman–Crippen LogP) is 4.60. The molecule has 0 aromatic heterocycles. The third-order valence-corrected chi connectivity index (χ3v) is 6.00. The minimum atomic E-state index is -0.181. The summed E-state index contributed by atoms with van der Waals surface area (Å²) in [6.07, 6.45) is 10.8. The monoisotopic (exact) mass is 256 g/mol. The fraction of sp³-hybridized carbons (Fsp3) is 0.611. The van der Waals surface area contributed by atoms with E-state index in [0.717, 1.165) is 19.3 Å². The van der Waals surface area contributed by atoms with Crippen LogP contribution in [-0.2, 0) is 4.79 Å². The van der Waals surface area contributed by atoms with Crippen LogP contribution < -0.4 is 0 Å². The zero-order valence-corrected chi connectivity index (χ0v) is 12.5. The van der Waals surface area contributed by atoms with E-state index in [1.54, 1.807) is 0 Å². The summed E-state index contributed by atoms with van der Waals surface area (Å²) in [5, 5.41) is 0. The first-order valence-corrected chi connectivity index (χ1v) is 7.46. The van der Waals surface area contributed by atoms with Gasteiger partial charge in [-0.25, -0.2) is 0 Å². The molecule has 0 N–H and O–H groups in total. The molecule has 3 aliphatic rings. The lowest BCUT2D eigenvalue weighted by Gasteiger charge is -2.35. The third kappa shape index (κ3) is 1.63. The van der Waals surface area contributed by atoms with Crippen molar-refractivity contribution in [2.75, 3.05) is 0 Å². The maximum Gasteiger partial charge on any atom is 0.143 e. The molecule has 1 nitrogen and oxygen atoms in total. The molecule has 2 atom stereocenters. The van der Waals surface area contributed by atoms with Crippen molar-refractivity contribution < 1.29 is 4.79 Å². The molecule has 19 heavy (non-hydrogen) atoms. The van der Waals surface area contributed by atoms with Crippen LogP contribution in [0.15, 0.2) is 34.9 Å². The number of hydrogen-bond donors (Lipinski definition) is 0. The van der Waals surface area contributed by atoms with Crippen LogP contribution in [0, 0.1) is 16.7 Å². The summed E-state index contributed by atoms with van der Waals surface area (Å²) >= 11 is 0. The van der Waals surface area contributed by atoms with Crippen LogP contribution in [0.3, 0.4) is 0 Å². The van der Waals surface area contributed by atoms with Gasteiger partial charge in [0.05, 0.1) is 5.41 Å². The van der Waals surface area contributed by atoms with E-state index >= 15 is 0 Å². The van der Waals surface area contributed by atoms with Gasteiger partial charge < -0.3 is 0 Å².